The average molecular weight is 442 g/mol. The number of amides is 1. The fourth-order valence-corrected chi connectivity index (χ4v) is 4.62. The minimum absolute atomic E-state index is 0.0771. The van der Waals surface area contributed by atoms with Crippen LogP contribution in [0.5, 0.6) is 0 Å². The zero-order valence-corrected chi connectivity index (χ0v) is 18.3. The van der Waals surface area contributed by atoms with Gasteiger partial charge in [-0.15, -0.1) is 0 Å². The van der Waals surface area contributed by atoms with Crippen LogP contribution in [0.3, 0.4) is 0 Å². The topological polar surface area (TPSA) is 61.4 Å². The lowest BCUT2D eigenvalue weighted by Gasteiger charge is -2.36. The molecule has 0 saturated carbocycles. The maximum Gasteiger partial charge on any atom is 0.253 e. The number of nitrogens with one attached hydrogen (secondary N) is 1. The van der Waals surface area contributed by atoms with Crippen LogP contribution in [0, 0.1) is 0 Å². The first-order valence-corrected chi connectivity index (χ1v) is 11.4. The Morgan fingerprint density at radius 1 is 0.875 bits per heavy atom. The number of carbonyl (C=O) groups excluding carboxylic acids is 1. The minimum Gasteiger partial charge on any atom is -0.367 e. The molecule has 0 aliphatic carbocycles. The zero-order chi connectivity index (χ0) is 21.8. The van der Waals surface area contributed by atoms with E-state index in [1.54, 1.807) is 6.20 Å². The lowest BCUT2D eigenvalue weighted by molar-refractivity contribution is 0.0747. The molecule has 5 rings (SSSR count). The molecular weight excluding hydrogens is 418 g/mol. The Morgan fingerprint density at radius 2 is 1.66 bits per heavy atom. The average Bonchev–Trinajstić information content (AvgIpc) is 2.88. The van der Waals surface area contributed by atoms with Gasteiger partial charge in [0, 0.05) is 55.2 Å². The highest BCUT2D eigenvalue weighted by molar-refractivity contribution is 8.00. The molecule has 1 aliphatic heterocycles. The first kappa shape index (κ1) is 20.3. The minimum atomic E-state index is 0.0771. The fourth-order valence-electron chi connectivity index (χ4n) is 3.84. The van der Waals surface area contributed by atoms with E-state index in [1.165, 1.54) is 11.9 Å². The quantitative estimate of drug-likeness (QED) is 0.453. The summed E-state index contributed by atoms with van der Waals surface area (Å²) in [6, 6.07) is 21.8. The van der Waals surface area contributed by atoms with Crippen molar-refractivity contribution in [1.29, 1.82) is 0 Å². The van der Waals surface area contributed by atoms with Crippen molar-refractivity contribution in [2.75, 3.05) is 35.8 Å². The highest BCUT2D eigenvalue weighted by Crippen LogP contribution is 2.27. The van der Waals surface area contributed by atoms with Gasteiger partial charge in [-0.05, 0) is 60.5 Å². The number of fused-ring (bicyclic) bond motifs is 1. The van der Waals surface area contributed by atoms with Crippen LogP contribution < -0.4 is 9.62 Å². The summed E-state index contributed by atoms with van der Waals surface area (Å²) in [5, 5.41) is 1.11. The summed E-state index contributed by atoms with van der Waals surface area (Å²) < 4.78 is 3.36. The maximum atomic E-state index is 12.9. The number of hydrogen-bond donors (Lipinski definition) is 1. The van der Waals surface area contributed by atoms with Crippen molar-refractivity contribution in [1.82, 2.24) is 14.9 Å². The summed E-state index contributed by atoms with van der Waals surface area (Å²) in [5.41, 5.74) is 3.74. The van der Waals surface area contributed by atoms with E-state index in [0.29, 0.717) is 18.7 Å². The van der Waals surface area contributed by atoms with Gasteiger partial charge in [0.05, 0.1) is 22.3 Å². The van der Waals surface area contributed by atoms with Gasteiger partial charge in [-0.3, -0.25) is 14.8 Å². The Labute approximate surface area is 191 Å². The van der Waals surface area contributed by atoms with E-state index in [1.807, 2.05) is 59.8 Å². The van der Waals surface area contributed by atoms with Crippen molar-refractivity contribution >= 4 is 40.1 Å². The van der Waals surface area contributed by atoms with Crippen molar-refractivity contribution in [3.8, 4) is 0 Å². The molecule has 0 unspecified atom stereocenters. The Bertz CT molecular complexity index is 1200. The molecule has 1 fully saturated rings. The van der Waals surface area contributed by atoms with E-state index in [9.17, 15) is 4.79 Å². The van der Waals surface area contributed by atoms with Crippen molar-refractivity contribution in [2.24, 2.45) is 0 Å². The SMILES string of the molecule is O=C(c1ccc(NSc2cccc3cccnc23)cc1)N1CCN(c2cccnc2)CC1. The third-order valence-corrected chi connectivity index (χ3v) is 6.47. The van der Waals surface area contributed by atoms with Crippen LogP contribution in [0.4, 0.5) is 11.4 Å². The second-order valence-electron chi connectivity index (χ2n) is 7.60. The van der Waals surface area contributed by atoms with Crippen LogP contribution in [0.25, 0.3) is 10.9 Å². The standard InChI is InChI=1S/C25H23N5OS/c31-25(30-16-14-29(15-17-30)22-6-3-12-26-18-22)20-8-10-21(11-9-20)28-32-23-7-1-4-19-5-2-13-27-24(19)23/h1-13,18,28H,14-17H2. The molecule has 0 radical (unpaired) electrons. The van der Waals surface area contributed by atoms with Gasteiger partial charge in [-0.1, -0.05) is 18.2 Å². The van der Waals surface area contributed by atoms with Gasteiger partial charge in [-0.25, -0.2) is 0 Å². The number of rotatable bonds is 5. The Kier molecular flexibility index (Phi) is 5.89. The van der Waals surface area contributed by atoms with Crippen LogP contribution in [0.15, 0.2) is 90.2 Å². The summed E-state index contributed by atoms with van der Waals surface area (Å²) in [4.78, 5) is 26.9. The fraction of sp³-hybridized carbons (Fsp3) is 0.160. The van der Waals surface area contributed by atoms with Gasteiger partial charge in [0.1, 0.15) is 0 Å². The Morgan fingerprint density at radius 3 is 2.44 bits per heavy atom. The monoisotopic (exact) mass is 441 g/mol. The summed E-state index contributed by atoms with van der Waals surface area (Å²) in [6.45, 7) is 3.04. The summed E-state index contributed by atoms with van der Waals surface area (Å²) in [5.74, 6) is 0.0771. The van der Waals surface area contributed by atoms with Crippen molar-refractivity contribution in [2.45, 2.75) is 4.90 Å². The van der Waals surface area contributed by atoms with E-state index in [-0.39, 0.29) is 5.91 Å². The molecular formula is C25H23N5OS. The third-order valence-electron chi connectivity index (χ3n) is 5.58. The molecule has 1 aliphatic rings. The second kappa shape index (κ2) is 9.28. The number of pyridine rings is 2. The van der Waals surface area contributed by atoms with Crippen LogP contribution in [0.1, 0.15) is 10.4 Å². The number of para-hydroxylation sites is 1. The molecule has 2 aromatic carbocycles. The largest absolute Gasteiger partial charge is 0.367 e. The molecule has 4 aromatic rings. The number of hydrogen-bond acceptors (Lipinski definition) is 6. The van der Waals surface area contributed by atoms with Crippen LogP contribution >= 0.6 is 11.9 Å². The van der Waals surface area contributed by atoms with Gasteiger partial charge in [0.2, 0.25) is 0 Å². The third kappa shape index (κ3) is 4.38. The van der Waals surface area contributed by atoms with Gasteiger partial charge in [-0.2, -0.15) is 0 Å². The van der Waals surface area contributed by atoms with Gasteiger partial charge < -0.3 is 14.5 Å². The predicted molar refractivity (Wildman–Crippen MR) is 130 cm³/mol. The number of anilines is 2. The van der Waals surface area contributed by atoms with Crippen LogP contribution in [0.2, 0.25) is 0 Å². The van der Waals surface area contributed by atoms with E-state index in [4.69, 9.17) is 0 Å². The zero-order valence-electron chi connectivity index (χ0n) is 17.5. The predicted octanol–water partition coefficient (Wildman–Crippen LogP) is 4.71. The number of benzene rings is 2. The molecule has 1 saturated heterocycles. The van der Waals surface area contributed by atoms with Gasteiger partial charge in [0.15, 0.2) is 0 Å². The summed E-state index contributed by atoms with van der Waals surface area (Å²) >= 11 is 1.52. The van der Waals surface area contributed by atoms with E-state index in [0.717, 1.165) is 40.3 Å². The number of aromatic nitrogens is 2. The van der Waals surface area contributed by atoms with Gasteiger partial charge in [0.25, 0.3) is 5.91 Å². The Hall–Kier alpha value is -3.58. The van der Waals surface area contributed by atoms with E-state index in [2.05, 4.69) is 43.9 Å². The first-order chi connectivity index (χ1) is 15.8. The molecule has 3 heterocycles. The smallest absolute Gasteiger partial charge is 0.253 e. The van der Waals surface area contributed by atoms with E-state index >= 15 is 0 Å². The lowest BCUT2D eigenvalue weighted by Crippen LogP contribution is -2.48. The van der Waals surface area contributed by atoms with Crippen molar-refractivity contribution < 1.29 is 4.79 Å². The summed E-state index contributed by atoms with van der Waals surface area (Å²) in [6.07, 6.45) is 5.46. The Balaban J connectivity index is 1.19. The second-order valence-corrected chi connectivity index (χ2v) is 8.45. The van der Waals surface area contributed by atoms with Crippen LogP contribution in [-0.2, 0) is 0 Å². The number of carbonyl (C=O) groups is 1. The first-order valence-electron chi connectivity index (χ1n) is 10.6. The van der Waals surface area contributed by atoms with Gasteiger partial charge >= 0.3 is 0 Å². The molecule has 7 heteroatoms. The normalized spacial score (nSPS) is 13.9. The number of piperazine rings is 1. The molecule has 0 atom stereocenters. The van der Waals surface area contributed by atoms with Crippen molar-refractivity contribution in [3.63, 3.8) is 0 Å². The molecule has 1 amide bonds. The molecule has 6 nitrogen and oxygen atoms in total. The molecule has 0 bridgehead atoms. The lowest BCUT2D eigenvalue weighted by atomic mass is 10.1. The van der Waals surface area contributed by atoms with Crippen LogP contribution in [-0.4, -0.2) is 47.0 Å². The van der Waals surface area contributed by atoms with Crippen molar-refractivity contribution in [3.05, 3.63) is 90.9 Å². The number of nitrogens with zero attached hydrogens (tertiary/aromatic N) is 4. The molecule has 160 valence electrons. The molecule has 32 heavy (non-hydrogen) atoms. The van der Waals surface area contributed by atoms with E-state index < -0.39 is 0 Å². The highest BCUT2D eigenvalue weighted by atomic mass is 32.2. The molecule has 1 N–H and O–H groups in total. The summed E-state index contributed by atoms with van der Waals surface area (Å²) in [7, 11) is 0. The molecule has 2 aromatic heterocycles. The molecule has 0 spiro atoms. The highest BCUT2D eigenvalue weighted by Gasteiger charge is 2.22. The maximum absolute atomic E-state index is 12.9.